The lowest BCUT2D eigenvalue weighted by Gasteiger charge is -2.07. The zero-order valence-electron chi connectivity index (χ0n) is 10.7. The van der Waals surface area contributed by atoms with Crippen molar-refractivity contribution < 1.29 is 4.79 Å². The lowest BCUT2D eigenvalue weighted by Crippen LogP contribution is -2.17. The largest absolute Gasteiger partial charge is 0.364 e. The number of hydrogen-bond donors (Lipinski definition) is 1. The lowest BCUT2D eigenvalue weighted by molar-refractivity contribution is 0.0994. The first-order chi connectivity index (χ1) is 9.75. The minimum Gasteiger partial charge on any atom is -0.364 e. The Morgan fingerprint density at radius 2 is 1.80 bits per heavy atom. The molecule has 0 saturated heterocycles. The van der Waals surface area contributed by atoms with Crippen LogP contribution in [0.25, 0.3) is 10.9 Å². The van der Waals surface area contributed by atoms with Crippen molar-refractivity contribution in [2.24, 2.45) is 5.73 Å². The average Bonchev–Trinajstić information content (AvgIpc) is 2.48. The molecule has 1 aromatic carbocycles. The van der Waals surface area contributed by atoms with Crippen molar-refractivity contribution in [3.8, 4) is 0 Å². The van der Waals surface area contributed by atoms with E-state index >= 15 is 0 Å². The SMILES string of the molecule is NC(=O)c1nccnc1Cc1cccc2cccnc12. The summed E-state index contributed by atoms with van der Waals surface area (Å²) in [6.45, 7) is 0. The molecule has 0 spiro atoms. The third-order valence-corrected chi connectivity index (χ3v) is 3.08. The second-order valence-electron chi connectivity index (χ2n) is 4.38. The van der Waals surface area contributed by atoms with Gasteiger partial charge in [0.05, 0.1) is 11.2 Å². The Labute approximate surface area is 115 Å². The standard InChI is InChI=1S/C15H12N4O/c16-15(20)14-12(17-7-8-19-14)9-11-4-1-3-10-5-2-6-18-13(10)11/h1-8H,9H2,(H2,16,20). The first-order valence-electron chi connectivity index (χ1n) is 6.18. The number of fused-ring (bicyclic) bond motifs is 1. The highest BCUT2D eigenvalue weighted by atomic mass is 16.1. The topological polar surface area (TPSA) is 81.8 Å². The average molecular weight is 264 g/mol. The summed E-state index contributed by atoms with van der Waals surface area (Å²) >= 11 is 0. The normalized spacial score (nSPS) is 10.6. The molecule has 2 N–H and O–H groups in total. The molecule has 1 amide bonds. The summed E-state index contributed by atoms with van der Waals surface area (Å²) in [5.74, 6) is -0.568. The molecule has 0 unspecified atom stereocenters. The number of amides is 1. The molecule has 0 atom stereocenters. The Kier molecular flexibility index (Phi) is 3.09. The molecule has 0 fully saturated rings. The molecule has 0 radical (unpaired) electrons. The number of pyridine rings is 1. The van der Waals surface area contributed by atoms with Crippen LogP contribution in [-0.4, -0.2) is 20.9 Å². The van der Waals surface area contributed by atoms with E-state index < -0.39 is 5.91 Å². The van der Waals surface area contributed by atoms with E-state index in [1.54, 1.807) is 12.4 Å². The number of rotatable bonds is 3. The van der Waals surface area contributed by atoms with Gasteiger partial charge >= 0.3 is 0 Å². The molecule has 3 aromatic rings. The van der Waals surface area contributed by atoms with Crippen LogP contribution in [0.4, 0.5) is 0 Å². The van der Waals surface area contributed by atoms with Gasteiger partial charge in [0.2, 0.25) is 0 Å². The molecule has 20 heavy (non-hydrogen) atoms. The Morgan fingerprint density at radius 3 is 2.65 bits per heavy atom. The highest BCUT2D eigenvalue weighted by molar-refractivity contribution is 5.92. The van der Waals surface area contributed by atoms with E-state index in [1.165, 1.54) is 6.20 Å². The maximum absolute atomic E-state index is 11.4. The number of carbonyl (C=O) groups excluding carboxylic acids is 1. The predicted molar refractivity (Wildman–Crippen MR) is 75.1 cm³/mol. The van der Waals surface area contributed by atoms with Gasteiger partial charge in [-0.2, -0.15) is 0 Å². The second-order valence-corrected chi connectivity index (χ2v) is 4.38. The molecule has 5 heteroatoms. The number of carbonyl (C=O) groups is 1. The predicted octanol–water partition coefficient (Wildman–Crippen LogP) is 1.71. The van der Waals surface area contributed by atoms with E-state index in [-0.39, 0.29) is 5.69 Å². The summed E-state index contributed by atoms with van der Waals surface area (Å²) in [5.41, 5.74) is 7.99. The van der Waals surface area contributed by atoms with Gasteiger partial charge < -0.3 is 5.73 Å². The molecule has 2 heterocycles. The summed E-state index contributed by atoms with van der Waals surface area (Å²) in [4.78, 5) is 24.0. The number of aromatic nitrogens is 3. The van der Waals surface area contributed by atoms with Crippen LogP contribution in [0.2, 0.25) is 0 Å². The maximum atomic E-state index is 11.4. The van der Waals surface area contributed by atoms with Gasteiger partial charge in [-0.25, -0.2) is 4.98 Å². The molecule has 0 bridgehead atoms. The zero-order chi connectivity index (χ0) is 13.9. The second kappa shape index (κ2) is 5.05. The molecule has 0 aliphatic heterocycles. The molecule has 5 nitrogen and oxygen atoms in total. The van der Waals surface area contributed by atoms with E-state index in [4.69, 9.17) is 5.73 Å². The van der Waals surface area contributed by atoms with Crippen molar-refractivity contribution in [3.05, 3.63) is 65.9 Å². The van der Waals surface area contributed by atoms with E-state index in [2.05, 4.69) is 15.0 Å². The minimum atomic E-state index is -0.568. The number of para-hydroxylation sites is 1. The van der Waals surface area contributed by atoms with Crippen molar-refractivity contribution in [3.63, 3.8) is 0 Å². The zero-order valence-corrected chi connectivity index (χ0v) is 10.7. The molecule has 2 aromatic heterocycles. The summed E-state index contributed by atoms with van der Waals surface area (Å²) in [7, 11) is 0. The van der Waals surface area contributed by atoms with Crippen LogP contribution in [0.5, 0.6) is 0 Å². The third kappa shape index (κ3) is 2.21. The number of nitrogens with zero attached hydrogens (tertiary/aromatic N) is 3. The number of primary amides is 1. The number of benzene rings is 1. The van der Waals surface area contributed by atoms with Gasteiger partial charge in [0.15, 0.2) is 0 Å². The summed E-state index contributed by atoms with van der Waals surface area (Å²) in [6.07, 6.45) is 5.24. The molecular weight excluding hydrogens is 252 g/mol. The van der Waals surface area contributed by atoms with Crippen LogP contribution in [0.3, 0.4) is 0 Å². The fraction of sp³-hybridized carbons (Fsp3) is 0.0667. The third-order valence-electron chi connectivity index (χ3n) is 3.08. The minimum absolute atomic E-state index is 0.209. The molecule has 0 saturated carbocycles. The van der Waals surface area contributed by atoms with Gasteiger partial charge in [0, 0.05) is 30.4 Å². The highest BCUT2D eigenvalue weighted by Crippen LogP contribution is 2.19. The van der Waals surface area contributed by atoms with Crippen LogP contribution < -0.4 is 5.73 Å². The van der Waals surface area contributed by atoms with Crippen molar-refractivity contribution in [2.45, 2.75) is 6.42 Å². The van der Waals surface area contributed by atoms with Crippen molar-refractivity contribution in [2.75, 3.05) is 0 Å². The van der Waals surface area contributed by atoms with Crippen LogP contribution in [0.15, 0.2) is 48.9 Å². The Morgan fingerprint density at radius 1 is 1.00 bits per heavy atom. The van der Waals surface area contributed by atoms with Crippen LogP contribution in [0.1, 0.15) is 21.7 Å². The smallest absolute Gasteiger partial charge is 0.269 e. The number of hydrogen-bond acceptors (Lipinski definition) is 4. The van der Waals surface area contributed by atoms with E-state index in [0.717, 1.165) is 16.5 Å². The van der Waals surface area contributed by atoms with Gasteiger partial charge in [0.1, 0.15) is 5.69 Å². The molecule has 98 valence electrons. The van der Waals surface area contributed by atoms with Crippen molar-refractivity contribution in [1.82, 2.24) is 15.0 Å². The first-order valence-corrected chi connectivity index (χ1v) is 6.18. The van der Waals surface area contributed by atoms with Gasteiger partial charge in [-0.15, -0.1) is 0 Å². The van der Waals surface area contributed by atoms with Crippen LogP contribution in [-0.2, 0) is 6.42 Å². The highest BCUT2D eigenvalue weighted by Gasteiger charge is 2.12. The summed E-state index contributed by atoms with van der Waals surface area (Å²) in [5, 5.41) is 1.05. The van der Waals surface area contributed by atoms with Crippen LogP contribution >= 0.6 is 0 Å². The molecule has 0 aliphatic carbocycles. The van der Waals surface area contributed by atoms with Gasteiger partial charge in [-0.3, -0.25) is 14.8 Å². The lowest BCUT2D eigenvalue weighted by atomic mass is 10.0. The Hall–Kier alpha value is -2.82. The number of nitrogens with two attached hydrogens (primary N) is 1. The molecule has 3 rings (SSSR count). The first kappa shape index (κ1) is 12.2. The van der Waals surface area contributed by atoms with Crippen molar-refractivity contribution >= 4 is 16.8 Å². The Balaban J connectivity index is 2.08. The fourth-order valence-electron chi connectivity index (χ4n) is 2.19. The van der Waals surface area contributed by atoms with Crippen LogP contribution in [0, 0.1) is 0 Å². The van der Waals surface area contributed by atoms with Gasteiger partial charge in [0.25, 0.3) is 5.91 Å². The van der Waals surface area contributed by atoms with Gasteiger partial charge in [-0.05, 0) is 11.6 Å². The summed E-state index contributed by atoms with van der Waals surface area (Å²) in [6, 6.07) is 9.81. The monoisotopic (exact) mass is 264 g/mol. The quantitative estimate of drug-likeness (QED) is 0.780. The van der Waals surface area contributed by atoms with Gasteiger partial charge in [-0.1, -0.05) is 24.3 Å². The maximum Gasteiger partial charge on any atom is 0.269 e. The summed E-state index contributed by atoms with van der Waals surface area (Å²) < 4.78 is 0. The van der Waals surface area contributed by atoms with E-state index in [0.29, 0.717) is 12.1 Å². The van der Waals surface area contributed by atoms with Crippen molar-refractivity contribution in [1.29, 1.82) is 0 Å². The van der Waals surface area contributed by atoms with E-state index in [1.807, 2.05) is 30.3 Å². The van der Waals surface area contributed by atoms with E-state index in [9.17, 15) is 4.79 Å². The molecule has 0 aliphatic rings. The molecular formula is C15H12N4O. The fourth-order valence-corrected chi connectivity index (χ4v) is 2.19. The Bertz CT molecular complexity index is 780.